The van der Waals surface area contributed by atoms with E-state index in [0.29, 0.717) is 17.1 Å². The summed E-state index contributed by atoms with van der Waals surface area (Å²) in [5.41, 5.74) is 6.12. The van der Waals surface area contributed by atoms with Crippen LogP contribution in [0.2, 0.25) is 5.15 Å². The zero-order chi connectivity index (χ0) is 8.72. The van der Waals surface area contributed by atoms with Gasteiger partial charge < -0.3 is 10.2 Å². The Morgan fingerprint density at radius 2 is 2.08 bits per heavy atom. The minimum atomic E-state index is 0.0980. The third-order valence-corrected chi connectivity index (χ3v) is 1.59. The normalized spacial score (nSPS) is 10.8. The van der Waals surface area contributed by atoms with Crippen molar-refractivity contribution in [2.75, 3.05) is 5.73 Å². The van der Waals surface area contributed by atoms with Crippen LogP contribution in [0, 0.1) is 6.92 Å². The summed E-state index contributed by atoms with van der Waals surface area (Å²) < 4.78 is 5.13. The summed E-state index contributed by atoms with van der Waals surface area (Å²) in [6.45, 7) is 1.70. The predicted octanol–water partition coefficient (Wildman–Crippen LogP) is 1.16. The van der Waals surface area contributed by atoms with Crippen molar-refractivity contribution in [3.8, 4) is 0 Å². The molecule has 0 aromatic carbocycles. The van der Waals surface area contributed by atoms with Gasteiger partial charge in [0.05, 0.1) is 0 Å². The average molecular weight is 185 g/mol. The fourth-order valence-corrected chi connectivity index (χ4v) is 1.12. The second-order valence-corrected chi connectivity index (χ2v) is 2.62. The van der Waals surface area contributed by atoms with Crippen LogP contribution in [0.5, 0.6) is 0 Å². The Kier molecular flexibility index (Phi) is 1.41. The molecule has 6 heteroatoms. The number of fused-ring (bicyclic) bond motifs is 1. The summed E-state index contributed by atoms with van der Waals surface area (Å²) in [4.78, 5) is 11.5. The van der Waals surface area contributed by atoms with Crippen molar-refractivity contribution in [3.63, 3.8) is 0 Å². The van der Waals surface area contributed by atoms with Crippen LogP contribution < -0.4 is 5.73 Å². The molecular weight excluding hydrogens is 180 g/mol. The second kappa shape index (κ2) is 2.31. The smallest absolute Gasteiger partial charge is 0.223 e. The van der Waals surface area contributed by atoms with Crippen molar-refractivity contribution in [2.24, 2.45) is 0 Å². The van der Waals surface area contributed by atoms with Gasteiger partial charge in [-0.2, -0.15) is 15.0 Å². The highest BCUT2D eigenvalue weighted by Crippen LogP contribution is 2.21. The third-order valence-electron chi connectivity index (χ3n) is 1.34. The maximum absolute atomic E-state index is 5.71. The van der Waals surface area contributed by atoms with Crippen LogP contribution >= 0.6 is 11.6 Å². The Bertz CT molecular complexity index is 438. The summed E-state index contributed by atoms with van der Waals surface area (Å²) in [6, 6.07) is 0. The molecule has 62 valence electrons. The van der Waals surface area contributed by atoms with Gasteiger partial charge in [-0.3, -0.25) is 0 Å². The molecule has 0 saturated heterocycles. The number of rotatable bonds is 0. The molecule has 0 aliphatic carbocycles. The van der Waals surface area contributed by atoms with E-state index < -0.39 is 0 Å². The topological polar surface area (TPSA) is 77.8 Å². The zero-order valence-corrected chi connectivity index (χ0v) is 6.96. The van der Waals surface area contributed by atoms with E-state index in [4.69, 9.17) is 21.8 Å². The SMILES string of the molecule is Cc1nc2nc(N)nc(Cl)c2o1. The van der Waals surface area contributed by atoms with Gasteiger partial charge in [0.1, 0.15) is 0 Å². The lowest BCUT2D eigenvalue weighted by atomic mass is 10.6. The Balaban J connectivity index is 2.88. The van der Waals surface area contributed by atoms with Gasteiger partial charge in [-0.15, -0.1) is 0 Å². The Hall–Kier alpha value is -1.36. The minimum Gasteiger partial charge on any atom is -0.436 e. The molecule has 5 nitrogen and oxygen atoms in total. The number of halogens is 1. The molecule has 0 atom stereocenters. The lowest BCUT2D eigenvalue weighted by Crippen LogP contribution is -1.94. The number of anilines is 1. The minimum absolute atomic E-state index is 0.0980. The van der Waals surface area contributed by atoms with Gasteiger partial charge in [0, 0.05) is 6.92 Å². The standard InChI is InChI=1S/C6H5ClN4O/c1-2-9-5-3(12-2)4(7)10-6(8)11-5/h1H3,(H2,8,10,11). The number of hydrogen-bond donors (Lipinski definition) is 1. The van der Waals surface area contributed by atoms with E-state index >= 15 is 0 Å². The molecule has 0 radical (unpaired) electrons. The molecule has 0 fully saturated rings. The molecule has 0 amide bonds. The van der Waals surface area contributed by atoms with Gasteiger partial charge in [-0.25, -0.2) is 0 Å². The van der Waals surface area contributed by atoms with Crippen molar-refractivity contribution >= 4 is 28.8 Å². The van der Waals surface area contributed by atoms with Crippen molar-refractivity contribution in [3.05, 3.63) is 11.0 Å². The summed E-state index contributed by atoms with van der Waals surface area (Å²) >= 11 is 5.71. The number of aromatic nitrogens is 3. The van der Waals surface area contributed by atoms with Crippen LogP contribution in [0.4, 0.5) is 5.95 Å². The lowest BCUT2D eigenvalue weighted by Gasteiger charge is -1.91. The van der Waals surface area contributed by atoms with Crippen LogP contribution in [-0.4, -0.2) is 15.0 Å². The summed E-state index contributed by atoms with van der Waals surface area (Å²) in [5, 5.41) is 0.193. The summed E-state index contributed by atoms with van der Waals surface area (Å²) in [5.74, 6) is 0.590. The maximum Gasteiger partial charge on any atom is 0.223 e. The molecule has 0 unspecified atom stereocenters. The van der Waals surface area contributed by atoms with Crippen LogP contribution in [0.15, 0.2) is 4.42 Å². The van der Waals surface area contributed by atoms with E-state index in [1.807, 2.05) is 0 Å². The molecule has 2 aromatic heterocycles. The highest BCUT2D eigenvalue weighted by Gasteiger charge is 2.09. The molecule has 0 aliphatic heterocycles. The largest absolute Gasteiger partial charge is 0.436 e. The molecule has 0 aliphatic rings. The second-order valence-electron chi connectivity index (χ2n) is 2.26. The first-order valence-electron chi connectivity index (χ1n) is 3.23. The fourth-order valence-electron chi connectivity index (χ4n) is 0.911. The number of nitrogen functional groups attached to an aromatic ring is 1. The third kappa shape index (κ3) is 0.984. The van der Waals surface area contributed by atoms with Crippen LogP contribution in [-0.2, 0) is 0 Å². The van der Waals surface area contributed by atoms with Gasteiger partial charge >= 0.3 is 0 Å². The van der Waals surface area contributed by atoms with E-state index in [-0.39, 0.29) is 11.1 Å². The molecule has 12 heavy (non-hydrogen) atoms. The van der Waals surface area contributed by atoms with E-state index in [2.05, 4.69) is 15.0 Å². The molecule has 2 heterocycles. The lowest BCUT2D eigenvalue weighted by molar-refractivity contribution is 0.560. The van der Waals surface area contributed by atoms with E-state index in [9.17, 15) is 0 Å². The highest BCUT2D eigenvalue weighted by molar-refractivity contribution is 6.33. The van der Waals surface area contributed by atoms with Gasteiger partial charge in [0.25, 0.3) is 0 Å². The number of oxazole rings is 1. The van der Waals surface area contributed by atoms with Crippen LogP contribution in [0.25, 0.3) is 11.2 Å². The average Bonchev–Trinajstić information content (AvgIpc) is 2.29. The molecule has 2 aromatic rings. The Morgan fingerprint density at radius 1 is 1.33 bits per heavy atom. The first-order valence-corrected chi connectivity index (χ1v) is 3.61. The van der Waals surface area contributed by atoms with E-state index in [0.717, 1.165) is 0 Å². The van der Waals surface area contributed by atoms with Gasteiger partial charge in [-0.1, -0.05) is 11.6 Å². The first kappa shape index (κ1) is 7.30. The monoisotopic (exact) mass is 184 g/mol. The van der Waals surface area contributed by atoms with Crippen molar-refractivity contribution < 1.29 is 4.42 Å². The number of nitrogens with zero attached hydrogens (tertiary/aromatic N) is 3. The van der Waals surface area contributed by atoms with E-state index in [1.165, 1.54) is 0 Å². The van der Waals surface area contributed by atoms with E-state index in [1.54, 1.807) is 6.92 Å². The molecule has 2 N–H and O–H groups in total. The molecule has 0 bridgehead atoms. The summed E-state index contributed by atoms with van der Waals surface area (Å²) in [6.07, 6.45) is 0. The number of nitrogens with two attached hydrogens (primary N) is 1. The van der Waals surface area contributed by atoms with Crippen LogP contribution in [0.3, 0.4) is 0 Å². The first-order chi connectivity index (χ1) is 5.66. The highest BCUT2D eigenvalue weighted by atomic mass is 35.5. The van der Waals surface area contributed by atoms with Crippen molar-refractivity contribution in [1.82, 2.24) is 15.0 Å². The molecular formula is C6H5ClN4O. The molecule has 2 rings (SSSR count). The van der Waals surface area contributed by atoms with Gasteiger partial charge in [0.2, 0.25) is 17.2 Å². The number of aryl methyl sites for hydroxylation is 1. The predicted molar refractivity (Wildman–Crippen MR) is 43.8 cm³/mol. The van der Waals surface area contributed by atoms with Crippen molar-refractivity contribution in [1.29, 1.82) is 0 Å². The zero-order valence-electron chi connectivity index (χ0n) is 6.21. The summed E-state index contributed by atoms with van der Waals surface area (Å²) in [7, 11) is 0. The van der Waals surface area contributed by atoms with Crippen molar-refractivity contribution in [2.45, 2.75) is 6.92 Å². The fraction of sp³-hybridized carbons (Fsp3) is 0.167. The quantitative estimate of drug-likeness (QED) is 0.622. The van der Waals surface area contributed by atoms with Crippen LogP contribution in [0.1, 0.15) is 5.89 Å². The Morgan fingerprint density at radius 3 is 2.83 bits per heavy atom. The van der Waals surface area contributed by atoms with Gasteiger partial charge in [-0.05, 0) is 0 Å². The molecule has 0 spiro atoms. The molecule has 0 saturated carbocycles. The number of hydrogen-bond acceptors (Lipinski definition) is 5. The van der Waals surface area contributed by atoms with Gasteiger partial charge in [0.15, 0.2) is 11.0 Å². The maximum atomic E-state index is 5.71. The Labute approximate surface area is 72.6 Å².